The van der Waals surface area contributed by atoms with E-state index in [1.807, 2.05) is 18.2 Å². The smallest absolute Gasteiger partial charge is 0.290 e. The van der Waals surface area contributed by atoms with E-state index >= 15 is 0 Å². The minimum Gasteiger partial charge on any atom is -0.508 e. The molecule has 3 rings (SSSR count). The van der Waals surface area contributed by atoms with Crippen molar-refractivity contribution < 1.29 is 14.7 Å². The predicted molar refractivity (Wildman–Crippen MR) is 74.7 cm³/mol. The molecule has 1 saturated heterocycles. The van der Waals surface area contributed by atoms with Gasteiger partial charge in [0.1, 0.15) is 5.75 Å². The Kier molecular flexibility index (Phi) is 2.76. The minimum atomic E-state index is -0.360. The van der Waals surface area contributed by atoms with Crippen molar-refractivity contribution in [2.45, 2.75) is 0 Å². The number of thioether (sulfide) groups is 1. The Morgan fingerprint density at radius 1 is 1.05 bits per heavy atom. The van der Waals surface area contributed by atoms with E-state index < -0.39 is 0 Å². The maximum absolute atomic E-state index is 11.4. The van der Waals surface area contributed by atoms with Crippen LogP contribution in [0.15, 0.2) is 41.3 Å². The summed E-state index contributed by atoms with van der Waals surface area (Å²) in [5.74, 6) is -0.143. The first-order valence-electron chi connectivity index (χ1n) is 5.59. The predicted octanol–water partition coefficient (Wildman–Crippen LogP) is 2.87. The van der Waals surface area contributed by atoms with Crippen molar-refractivity contribution in [3.63, 3.8) is 0 Å². The van der Waals surface area contributed by atoms with E-state index in [0.717, 1.165) is 28.1 Å². The lowest BCUT2D eigenvalue weighted by Gasteiger charge is -2.01. The Morgan fingerprint density at radius 3 is 2.53 bits per heavy atom. The summed E-state index contributed by atoms with van der Waals surface area (Å²) in [6, 6.07) is 10.7. The van der Waals surface area contributed by atoms with Crippen LogP contribution in [-0.2, 0) is 4.79 Å². The van der Waals surface area contributed by atoms with Crippen molar-refractivity contribution in [1.82, 2.24) is 5.32 Å². The third kappa shape index (κ3) is 2.32. The second kappa shape index (κ2) is 4.44. The molecule has 19 heavy (non-hydrogen) atoms. The number of carbonyl (C=O) groups excluding carboxylic acids is 2. The number of rotatable bonds is 1. The van der Waals surface area contributed by atoms with Crippen molar-refractivity contribution in [1.29, 1.82) is 0 Å². The molecule has 0 atom stereocenters. The Hall–Kier alpha value is -2.27. The van der Waals surface area contributed by atoms with Crippen molar-refractivity contribution in [3.05, 3.63) is 46.9 Å². The summed E-state index contributed by atoms with van der Waals surface area (Å²) in [6.45, 7) is 0. The third-order valence-corrected chi connectivity index (χ3v) is 3.60. The van der Waals surface area contributed by atoms with E-state index in [1.54, 1.807) is 24.3 Å². The number of hydrogen-bond donors (Lipinski definition) is 2. The van der Waals surface area contributed by atoms with Gasteiger partial charge in [-0.3, -0.25) is 14.9 Å². The van der Waals surface area contributed by atoms with Gasteiger partial charge in [-0.25, -0.2) is 0 Å². The Balaban J connectivity index is 2.02. The van der Waals surface area contributed by atoms with E-state index in [4.69, 9.17) is 0 Å². The second-order valence-electron chi connectivity index (χ2n) is 4.14. The molecule has 0 bridgehead atoms. The van der Waals surface area contributed by atoms with Crippen LogP contribution in [0.25, 0.3) is 16.8 Å². The van der Waals surface area contributed by atoms with Crippen molar-refractivity contribution >= 4 is 39.8 Å². The van der Waals surface area contributed by atoms with Gasteiger partial charge in [-0.1, -0.05) is 18.2 Å². The first-order valence-corrected chi connectivity index (χ1v) is 6.41. The maximum Gasteiger partial charge on any atom is 0.290 e. The molecule has 0 aliphatic carbocycles. The molecule has 0 radical (unpaired) electrons. The van der Waals surface area contributed by atoms with Crippen LogP contribution in [0.1, 0.15) is 5.56 Å². The largest absolute Gasteiger partial charge is 0.508 e. The van der Waals surface area contributed by atoms with Gasteiger partial charge in [-0.2, -0.15) is 0 Å². The molecule has 0 spiro atoms. The SMILES string of the molecule is O=C1NC(=O)C(=Cc2ccc3cc(O)ccc3c2)S1. The summed E-state index contributed by atoms with van der Waals surface area (Å²) in [4.78, 5) is 22.9. The molecule has 0 unspecified atom stereocenters. The number of fused-ring (bicyclic) bond motifs is 1. The van der Waals surface area contributed by atoms with E-state index in [0.29, 0.717) is 4.91 Å². The molecular weight excluding hydrogens is 262 g/mol. The molecule has 2 amide bonds. The topological polar surface area (TPSA) is 66.4 Å². The van der Waals surface area contributed by atoms with Gasteiger partial charge in [0.2, 0.25) is 0 Å². The Morgan fingerprint density at radius 2 is 1.79 bits per heavy atom. The summed E-state index contributed by atoms with van der Waals surface area (Å²) in [7, 11) is 0. The van der Waals surface area contributed by atoms with Crippen LogP contribution < -0.4 is 5.32 Å². The number of carbonyl (C=O) groups is 2. The maximum atomic E-state index is 11.4. The third-order valence-electron chi connectivity index (χ3n) is 2.79. The zero-order valence-corrected chi connectivity index (χ0v) is 10.5. The first-order chi connectivity index (χ1) is 9.11. The Bertz CT molecular complexity index is 737. The number of imide groups is 1. The highest BCUT2D eigenvalue weighted by atomic mass is 32.2. The monoisotopic (exact) mass is 271 g/mol. The van der Waals surface area contributed by atoms with E-state index in [2.05, 4.69) is 5.32 Å². The minimum absolute atomic E-state index is 0.218. The van der Waals surface area contributed by atoms with Gasteiger partial charge in [0, 0.05) is 0 Å². The van der Waals surface area contributed by atoms with Crippen LogP contribution >= 0.6 is 11.8 Å². The van der Waals surface area contributed by atoms with Gasteiger partial charge in [-0.15, -0.1) is 0 Å². The zero-order chi connectivity index (χ0) is 13.4. The summed E-state index contributed by atoms with van der Waals surface area (Å²) in [6.07, 6.45) is 1.68. The van der Waals surface area contributed by atoms with Crippen LogP contribution in [0.4, 0.5) is 4.79 Å². The van der Waals surface area contributed by atoms with E-state index in [9.17, 15) is 14.7 Å². The van der Waals surface area contributed by atoms with Crippen LogP contribution in [0.3, 0.4) is 0 Å². The lowest BCUT2D eigenvalue weighted by atomic mass is 10.1. The number of phenolic OH excluding ortho intramolecular Hbond substituents is 1. The molecule has 1 aliphatic heterocycles. The molecule has 5 heteroatoms. The molecule has 1 fully saturated rings. The number of benzene rings is 2. The highest BCUT2D eigenvalue weighted by Crippen LogP contribution is 2.27. The molecule has 2 aromatic carbocycles. The summed E-state index contributed by atoms with van der Waals surface area (Å²) in [5, 5.41) is 13.1. The highest BCUT2D eigenvalue weighted by molar-refractivity contribution is 8.18. The lowest BCUT2D eigenvalue weighted by molar-refractivity contribution is -0.115. The summed E-state index contributed by atoms with van der Waals surface area (Å²) >= 11 is 0.898. The normalized spacial score (nSPS) is 17.2. The number of amides is 2. The van der Waals surface area contributed by atoms with E-state index in [-0.39, 0.29) is 16.9 Å². The molecule has 1 heterocycles. The summed E-state index contributed by atoms with van der Waals surface area (Å²) < 4.78 is 0. The quantitative estimate of drug-likeness (QED) is 0.783. The average Bonchev–Trinajstić information content (AvgIpc) is 2.68. The molecule has 2 aromatic rings. The molecule has 1 aliphatic rings. The summed E-state index contributed by atoms with van der Waals surface area (Å²) in [5.41, 5.74) is 0.838. The van der Waals surface area contributed by atoms with Crippen molar-refractivity contribution in [3.8, 4) is 5.75 Å². The number of phenols is 1. The standard InChI is InChI=1S/C14H9NO3S/c16-11-4-3-9-5-8(1-2-10(9)7-11)6-12-13(17)15-14(18)19-12/h1-7,16H,(H,15,17,18). The van der Waals surface area contributed by atoms with Crippen LogP contribution in [0.5, 0.6) is 5.75 Å². The van der Waals surface area contributed by atoms with E-state index in [1.165, 1.54) is 0 Å². The molecular formula is C14H9NO3S. The highest BCUT2D eigenvalue weighted by Gasteiger charge is 2.24. The fraction of sp³-hybridized carbons (Fsp3) is 0. The van der Waals surface area contributed by atoms with Crippen molar-refractivity contribution in [2.24, 2.45) is 0 Å². The van der Waals surface area contributed by atoms with Gasteiger partial charge in [0.05, 0.1) is 4.91 Å². The molecule has 0 saturated carbocycles. The van der Waals surface area contributed by atoms with Gasteiger partial charge >= 0.3 is 0 Å². The van der Waals surface area contributed by atoms with Gasteiger partial charge in [0.25, 0.3) is 11.1 Å². The molecule has 0 aromatic heterocycles. The lowest BCUT2D eigenvalue weighted by Crippen LogP contribution is -2.17. The van der Waals surface area contributed by atoms with Gasteiger partial charge in [0.15, 0.2) is 0 Å². The molecule has 4 nitrogen and oxygen atoms in total. The fourth-order valence-corrected chi connectivity index (χ4v) is 2.60. The van der Waals surface area contributed by atoms with Crippen LogP contribution in [0.2, 0.25) is 0 Å². The van der Waals surface area contributed by atoms with Crippen molar-refractivity contribution in [2.75, 3.05) is 0 Å². The zero-order valence-electron chi connectivity index (χ0n) is 9.71. The van der Waals surface area contributed by atoms with Gasteiger partial charge in [-0.05, 0) is 52.4 Å². The average molecular weight is 271 g/mol. The second-order valence-corrected chi connectivity index (χ2v) is 5.16. The number of nitrogens with one attached hydrogen (secondary N) is 1. The first kappa shape index (κ1) is 11.8. The van der Waals surface area contributed by atoms with Crippen LogP contribution in [0, 0.1) is 0 Å². The number of hydrogen-bond acceptors (Lipinski definition) is 4. The molecule has 2 N–H and O–H groups in total. The molecule has 94 valence electrons. The van der Waals surface area contributed by atoms with Gasteiger partial charge < -0.3 is 5.11 Å². The fourth-order valence-electron chi connectivity index (χ4n) is 1.91. The van der Waals surface area contributed by atoms with Crippen LogP contribution in [-0.4, -0.2) is 16.3 Å². The Labute approximate surface area is 113 Å². The number of aromatic hydroxyl groups is 1.